The van der Waals surface area contributed by atoms with Crippen LogP contribution in [0.15, 0.2) is 36.4 Å². The minimum Gasteiger partial charge on any atom is -0.358 e. The van der Waals surface area contributed by atoms with E-state index in [0.717, 1.165) is 0 Å². The van der Waals surface area contributed by atoms with Crippen LogP contribution < -0.4 is 10.6 Å². The van der Waals surface area contributed by atoms with Gasteiger partial charge in [-0.05, 0) is 17.5 Å². The van der Waals surface area contributed by atoms with Gasteiger partial charge in [0, 0.05) is 18.0 Å². The van der Waals surface area contributed by atoms with Crippen LogP contribution in [0.4, 0.5) is 4.39 Å². The molecule has 2 amide bonds. The van der Waals surface area contributed by atoms with Crippen molar-refractivity contribution < 1.29 is 14.0 Å². The van der Waals surface area contributed by atoms with Gasteiger partial charge in [0.2, 0.25) is 5.91 Å². The van der Waals surface area contributed by atoms with Gasteiger partial charge in [-0.1, -0.05) is 24.3 Å². The molecule has 0 heterocycles. The second-order valence-corrected chi connectivity index (χ2v) is 4.00. The summed E-state index contributed by atoms with van der Waals surface area (Å²) in [7, 11) is 1.49. The molecule has 0 aliphatic heterocycles. The highest BCUT2D eigenvalue weighted by Crippen LogP contribution is 2.21. The second-order valence-electron chi connectivity index (χ2n) is 4.00. The molecule has 0 radical (unpaired) electrons. The molecule has 2 rings (SSSR count). The Morgan fingerprint density at radius 3 is 2.47 bits per heavy atom. The average molecular weight is 260 g/mol. The molecule has 0 atom stereocenters. The number of hydrogen-bond donors (Lipinski definition) is 2. The van der Waals surface area contributed by atoms with E-state index >= 15 is 0 Å². The summed E-state index contributed by atoms with van der Waals surface area (Å²) in [6.45, 7) is -0.110. The number of hydrogen-bond acceptors (Lipinski definition) is 2. The second kappa shape index (κ2) is 5.48. The zero-order valence-electron chi connectivity index (χ0n) is 10.4. The topological polar surface area (TPSA) is 58.2 Å². The van der Waals surface area contributed by atoms with E-state index in [9.17, 15) is 14.0 Å². The van der Waals surface area contributed by atoms with Crippen molar-refractivity contribution in [1.82, 2.24) is 10.6 Å². The number of likely N-dealkylation sites (N-methyl/N-ethyl adjacent to an activating group) is 1. The molecule has 0 spiro atoms. The quantitative estimate of drug-likeness (QED) is 0.877. The third-order valence-electron chi connectivity index (χ3n) is 2.80. The van der Waals surface area contributed by atoms with Gasteiger partial charge in [-0.15, -0.1) is 0 Å². The first-order chi connectivity index (χ1) is 9.13. The summed E-state index contributed by atoms with van der Waals surface area (Å²) in [5.74, 6) is -1.07. The van der Waals surface area contributed by atoms with Crippen LogP contribution >= 0.6 is 0 Å². The Bertz CT molecular complexity index is 640. The van der Waals surface area contributed by atoms with Gasteiger partial charge in [0.1, 0.15) is 5.82 Å². The van der Waals surface area contributed by atoms with Crippen molar-refractivity contribution in [2.24, 2.45) is 0 Å². The van der Waals surface area contributed by atoms with Crippen LogP contribution in [-0.4, -0.2) is 25.4 Å². The third-order valence-corrected chi connectivity index (χ3v) is 2.80. The van der Waals surface area contributed by atoms with Crippen LogP contribution in [0.1, 0.15) is 10.4 Å². The molecular weight excluding hydrogens is 247 g/mol. The van der Waals surface area contributed by atoms with Gasteiger partial charge in [0.05, 0.1) is 6.54 Å². The summed E-state index contributed by atoms with van der Waals surface area (Å²) in [5, 5.41) is 5.80. The van der Waals surface area contributed by atoms with Crippen LogP contribution in [0.3, 0.4) is 0 Å². The smallest absolute Gasteiger partial charge is 0.252 e. The third kappa shape index (κ3) is 2.70. The lowest BCUT2D eigenvalue weighted by Gasteiger charge is -2.08. The fraction of sp³-hybridized carbons (Fsp3) is 0.143. The molecule has 2 aromatic carbocycles. The first-order valence-corrected chi connectivity index (χ1v) is 5.79. The fourth-order valence-corrected chi connectivity index (χ4v) is 1.80. The summed E-state index contributed by atoms with van der Waals surface area (Å²) in [5.41, 5.74) is 0.348. The average Bonchev–Trinajstić information content (AvgIpc) is 2.45. The molecule has 0 aliphatic rings. The predicted octanol–water partition coefficient (Wildman–Crippen LogP) is 1.45. The van der Waals surface area contributed by atoms with Crippen molar-refractivity contribution in [1.29, 1.82) is 0 Å². The zero-order valence-corrected chi connectivity index (χ0v) is 10.4. The van der Waals surface area contributed by atoms with Crippen LogP contribution in [0.2, 0.25) is 0 Å². The summed E-state index contributed by atoms with van der Waals surface area (Å²) in [6, 6.07) is 9.39. The molecular formula is C14H13FN2O2. The highest BCUT2D eigenvalue weighted by Gasteiger charge is 2.12. The lowest BCUT2D eigenvalue weighted by atomic mass is 10.0. The lowest BCUT2D eigenvalue weighted by Crippen LogP contribution is -2.35. The van der Waals surface area contributed by atoms with Gasteiger partial charge in [0.25, 0.3) is 5.91 Å². The number of carbonyl (C=O) groups is 2. The number of fused-ring (bicyclic) bond motifs is 1. The maximum absolute atomic E-state index is 13.6. The summed E-state index contributed by atoms with van der Waals surface area (Å²) < 4.78 is 13.6. The molecule has 0 aliphatic carbocycles. The summed E-state index contributed by atoms with van der Waals surface area (Å²) >= 11 is 0. The molecule has 98 valence electrons. The largest absolute Gasteiger partial charge is 0.358 e. The Kier molecular flexibility index (Phi) is 3.75. The van der Waals surface area contributed by atoms with Gasteiger partial charge in [-0.25, -0.2) is 4.39 Å². The molecule has 19 heavy (non-hydrogen) atoms. The maximum Gasteiger partial charge on any atom is 0.252 e. The maximum atomic E-state index is 13.6. The highest BCUT2D eigenvalue weighted by molar-refractivity contribution is 6.07. The Labute approximate surface area is 109 Å². The van der Waals surface area contributed by atoms with Gasteiger partial charge in [-0.2, -0.15) is 0 Å². The van der Waals surface area contributed by atoms with Crippen molar-refractivity contribution in [2.45, 2.75) is 0 Å². The van der Waals surface area contributed by atoms with Gasteiger partial charge in [0.15, 0.2) is 0 Å². The van der Waals surface area contributed by atoms with E-state index in [4.69, 9.17) is 0 Å². The van der Waals surface area contributed by atoms with Crippen molar-refractivity contribution in [3.05, 3.63) is 47.8 Å². The zero-order chi connectivity index (χ0) is 13.8. The Balaban J connectivity index is 2.32. The number of nitrogens with one attached hydrogen (secondary N) is 2. The minimum atomic E-state index is -0.403. The number of benzene rings is 2. The van der Waals surface area contributed by atoms with Gasteiger partial charge >= 0.3 is 0 Å². The van der Waals surface area contributed by atoms with Crippen molar-refractivity contribution in [3.63, 3.8) is 0 Å². The number of halogens is 1. The van der Waals surface area contributed by atoms with Crippen molar-refractivity contribution in [3.8, 4) is 0 Å². The van der Waals surface area contributed by atoms with E-state index in [-0.39, 0.29) is 18.3 Å². The van der Waals surface area contributed by atoms with E-state index in [2.05, 4.69) is 10.6 Å². The molecule has 0 saturated heterocycles. The molecule has 0 saturated carbocycles. The molecule has 0 unspecified atom stereocenters. The first-order valence-electron chi connectivity index (χ1n) is 5.79. The number of amides is 2. The predicted molar refractivity (Wildman–Crippen MR) is 70.3 cm³/mol. The number of rotatable bonds is 3. The normalized spacial score (nSPS) is 10.2. The first kappa shape index (κ1) is 13.0. The molecule has 2 N–H and O–H groups in total. The van der Waals surface area contributed by atoms with Gasteiger partial charge in [-0.3, -0.25) is 9.59 Å². The van der Waals surface area contributed by atoms with Crippen LogP contribution in [0, 0.1) is 5.82 Å². The van der Waals surface area contributed by atoms with Crippen molar-refractivity contribution >= 4 is 22.6 Å². The van der Waals surface area contributed by atoms with E-state index in [0.29, 0.717) is 16.3 Å². The lowest BCUT2D eigenvalue weighted by molar-refractivity contribution is -0.119. The minimum absolute atomic E-state index is 0.110. The monoisotopic (exact) mass is 260 g/mol. The SMILES string of the molecule is CNC(=O)CNC(=O)c1ccc(F)c2ccccc12. The van der Waals surface area contributed by atoms with E-state index < -0.39 is 5.91 Å². The number of carbonyl (C=O) groups excluding carboxylic acids is 2. The van der Waals surface area contributed by atoms with Crippen LogP contribution in [0.25, 0.3) is 10.8 Å². The van der Waals surface area contributed by atoms with E-state index in [1.54, 1.807) is 24.3 Å². The Morgan fingerprint density at radius 1 is 1.11 bits per heavy atom. The van der Waals surface area contributed by atoms with Gasteiger partial charge < -0.3 is 10.6 Å². The van der Waals surface area contributed by atoms with Crippen LogP contribution in [0.5, 0.6) is 0 Å². The highest BCUT2D eigenvalue weighted by atomic mass is 19.1. The summed E-state index contributed by atoms with van der Waals surface area (Å²) in [6.07, 6.45) is 0. The fourth-order valence-electron chi connectivity index (χ4n) is 1.80. The Hall–Kier alpha value is -2.43. The summed E-state index contributed by atoms with van der Waals surface area (Å²) in [4.78, 5) is 23.1. The molecule has 0 aromatic heterocycles. The van der Waals surface area contributed by atoms with E-state index in [1.165, 1.54) is 19.2 Å². The molecule has 2 aromatic rings. The molecule has 4 nitrogen and oxygen atoms in total. The molecule has 0 fully saturated rings. The van der Waals surface area contributed by atoms with E-state index in [1.807, 2.05) is 0 Å². The van der Waals surface area contributed by atoms with Crippen LogP contribution in [-0.2, 0) is 4.79 Å². The van der Waals surface area contributed by atoms with Crippen molar-refractivity contribution in [2.75, 3.05) is 13.6 Å². The molecule has 5 heteroatoms. The Morgan fingerprint density at radius 2 is 1.79 bits per heavy atom. The molecule has 0 bridgehead atoms. The standard InChI is InChI=1S/C14H13FN2O2/c1-16-13(18)8-17-14(19)11-6-7-12(15)10-5-3-2-4-9(10)11/h2-7H,8H2,1H3,(H,16,18)(H,17,19).